The van der Waals surface area contributed by atoms with E-state index in [-0.39, 0.29) is 0 Å². The van der Waals surface area contributed by atoms with Gasteiger partial charge in [0.2, 0.25) is 0 Å². The van der Waals surface area contributed by atoms with Gasteiger partial charge in [-0.15, -0.1) is 0 Å². The van der Waals surface area contributed by atoms with Crippen molar-refractivity contribution < 1.29 is 9.47 Å². The van der Waals surface area contributed by atoms with Gasteiger partial charge in [0.05, 0.1) is 6.61 Å². The Kier molecular flexibility index (Phi) is 6.00. The normalized spacial score (nSPS) is 12.2. The smallest absolute Gasteiger partial charge is 0.127 e. The molecule has 2 nitrogen and oxygen atoms in total. The Morgan fingerprint density at radius 3 is 2.00 bits per heavy atom. The summed E-state index contributed by atoms with van der Waals surface area (Å²) >= 11 is 4.37. The van der Waals surface area contributed by atoms with E-state index in [4.69, 9.17) is 9.47 Å². The highest BCUT2D eigenvalue weighted by atomic mass is 32.1. The van der Waals surface area contributed by atoms with Gasteiger partial charge in [-0.1, -0.05) is 32.0 Å². The van der Waals surface area contributed by atoms with Crippen LogP contribution in [0.5, 0.6) is 17.2 Å². The molecule has 0 fully saturated rings. The summed E-state index contributed by atoms with van der Waals surface area (Å²) in [4.78, 5) is 0. The molecule has 0 bridgehead atoms. The van der Waals surface area contributed by atoms with Gasteiger partial charge in [-0.05, 0) is 48.1 Å². The van der Waals surface area contributed by atoms with Crippen molar-refractivity contribution in [1.29, 1.82) is 0 Å². The lowest BCUT2D eigenvalue weighted by molar-refractivity contribution is 0.227. The minimum Gasteiger partial charge on any atom is -0.493 e. The SMILES string of the molecule is CC(C)C(CS)COc1ccc(Oc2ccccc2)cc1. The topological polar surface area (TPSA) is 18.5 Å². The predicted molar refractivity (Wildman–Crippen MR) is 90.6 cm³/mol. The Morgan fingerprint density at radius 2 is 1.43 bits per heavy atom. The van der Waals surface area contributed by atoms with Crippen molar-refractivity contribution in [2.45, 2.75) is 13.8 Å². The van der Waals surface area contributed by atoms with Crippen LogP contribution in [0.25, 0.3) is 0 Å². The van der Waals surface area contributed by atoms with Gasteiger partial charge >= 0.3 is 0 Å². The second kappa shape index (κ2) is 7.99. The third kappa shape index (κ3) is 5.01. The Hall–Kier alpha value is -1.61. The van der Waals surface area contributed by atoms with Crippen LogP contribution >= 0.6 is 12.6 Å². The highest BCUT2D eigenvalue weighted by molar-refractivity contribution is 7.80. The van der Waals surface area contributed by atoms with Crippen molar-refractivity contribution in [1.82, 2.24) is 0 Å². The molecule has 1 unspecified atom stereocenters. The molecule has 0 N–H and O–H groups in total. The maximum atomic E-state index is 5.82. The van der Waals surface area contributed by atoms with E-state index in [0.717, 1.165) is 23.0 Å². The summed E-state index contributed by atoms with van der Waals surface area (Å²) in [6.45, 7) is 5.09. The van der Waals surface area contributed by atoms with Gasteiger partial charge in [0, 0.05) is 5.92 Å². The second-order valence-electron chi connectivity index (χ2n) is 5.38. The van der Waals surface area contributed by atoms with Gasteiger partial charge < -0.3 is 9.47 Å². The van der Waals surface area contributed by atoms with Crippen LogP contribution in [0, 0.1) is 11.8 Å². The maximum absolute atomic E-state index is 5.82. The summed E-state index contributed by atoms with van der Waals surface area (Å²) in [5, 5.41) is 0. The lowest BCUT2D eigenvalue weighted by Gasteiger charge is -2.19. The van der Waals surface area contributed by atoms with Crippen molar-refractivity contribution in [3.8, 4) is 17.2 Å². The number of rotatable bonds is 7. The molecule has 0 aliphatic carbocycles. The number of hydrogen-bond donors (Lipinski definition) is 1. The molecular weight excluding hydrogens is 280 g/mol. The summed E-state index contributed by atoms with van der Waals surface area (Å²) in [7, 11) is 0. The minimum atomic E-state index is 0.466. The van der Waals surface area contributed by atoms with Gasteiger partial charge in [-0.25, -0.2) is 0 Å². The summed E-state index contributed by atoms with van der Waals surface area (Å²) in [6, 6.07) is 17.5. The molecule has 0 aliphatic heterocycles. The number of ether oxygens (including phenoxy) is 2. The van der Waals surface area contributed by atoms with Crippen LogP contribution in [0.3, 0.4) is 0 Å². The van der Waals surface area contributed by atoms with Gasteiger partial charge in [0.15, 0.2) is 0 Å². The van der Waals surface area contributed by atoms with Crippen LogP contribution in [-0.2, 0) is 0 Å². The van der Waals surface area contributed by atoms with Gasteiger partial charge in [-0.2, -0.15) is 12.6 Å². The summed E-state index contributed by atoms with van der Waals surface area (Å²) in [6.07, 6.45) is 0. The van der Waals surface area contributed by atoms with Crippen molar-refractivity contribution in [2.75, 3.05) is 12.4 Å². The molecule has 0 spiro atoms. The molecule has 1 atom stereocenters. The largest absolute Gasteiger partial charge is 0.493 e. The monoisotopic (exact) mass is 302 g/mol. The molecule has 112 valence electrons. The fourth-order valence-electron chi connectivity index (χ4n) is 1.89. The van der Waals surface area contributed by atoms with Crippen LogP contribution in [0.2, 0.25) is 0 Å². The van der Waals surface area contributed by atoms with E-state index in [2.05, 4.69) is 26.5 Å². The molecule has 0 saturated carbocycles. The van der Waals surface area contributed by atoms with E-state index in [0.29, 0.717) is 18.4 Å². The Labute approximate surface area is 132 Å². The van der Waals surface area contributed by atoms with Crippen molar-refractivity contribution >= 4 is 12.6 Å². The molecule has 2 aromatic rings. The zero-order chi connectivity index (χ0) is 15.1. The Bertz CT molecular complexity index is 523. The van der Waals surface area contributed by atoms with E-state index in [1.54, 1.807) is 0 Å². The molecule has 21 heavy (non-hydrogen) atoms. The number of para-hydroxylation sites is 1. The molecule has 0 heterocycles. The van der Waals surface area contributed by atoms with Crippen LogP contribution in [0.1, 0.15) is 13.8 Å². The van der Waals surface area contributed by atoms with E-state index in [1.807, 2.05) is 54.6 Å². The maximum Gasteiger partial charge on any atom is 0.127 e. The van der Waals surface area contributed by atoms with E-state index in [1.165, 1.54) is 0 Å². The summed E-state index contributed by atoms with van der Waals surface area (Å²) < 4.78 is 11.6. The molecule has 0 aliphatic rings. The zero-order valence-corrected chi connectivity index (χ0v) is 13.4. The fourth-order valence-corrected chi connectivity index (χ4v) is 2.41. The fraction of sp³-hybridized carbons (Fsp3) is 0.333. The zero-order valence-electron chi connectivity index (χ0n) is 12.5. The van der Waals surface area contributed by atoms with E-state index < -0.39 is 0 Å². The predicted octanol–water partition coefficient (Wildman–Crippen LogP) is 5.06. The highest BCUT2D eigenvalue weighted by Gasteiger charge is 2.12. The van der Waals surface area contributed by atoms with Crippen LogP contribution in [0.15, 0.2) is 54.6 Å². The van der Waals surface area contributed by atoms with E-state index >= 15 is 0 Å². The first-order valence-corrected chi connectivity index (χ1v) is 7.89. The first-order valence-electron chi connectivity index (χ1n) is 7.25. The highest BCUT2D eigenvalue weighted by Crippen LogP contribution is 2.24. The quantitative estimate of drug-likeness (QED) is 0.721. The first-order chi connectivity index (χ1) is 10.2. The van der Waals surface area contributed by atoms with Crippen molar-refractivity contribution in [3.05, 3.63) is 54.6 Å². The Balaban J connectivity index is 1.90. The second-order valence-corrected chi connectivity index (χ2v) is 5.75. The van der Waals surface area contributed by atoms with Crippen LogP contribution < -0.4 is 9.47 Å². The standard InChI is InChI=1S/C18H22O2S/c1-14(2)15(13-21)12-19-16-8-10-18(11-9-16)20-17-6-4-3-5-7-17/h3-11,14-15,21H,12-13H2,1-2H3. The van der Waals surface area contributed by atoms with Crippen LogP contribution in [0.4, 0.5) is 0 Å². The molecule has 3 heteroatoms. The number of hydrogen-bond acceptors (Lipinski definition) is 3. The average molecular weight is 302 g/mol. The molecular formula is C18H22O2S. The van der Waals surface area contributed by atoms with Crippen LogP contribution in [-0.4, -0.2) is 12.4 Å². The van der Waals surface area contributed by atoms with E-state index in [9.17, 15) is 0 Å². The molecule has 0 saturated heterocycles. The first kappa shape index (κ1) is 15.8. The molecule has 0 radical (unpaired) electrons. The molecule has 2 aromatic carbocycles. The summed E-state index contributed by atoms with van der Waals surface area (Å²) in [5.74, 6) is 4.39. The average Bonchev–Trinajstić information content (AvgIpc) is 2.50. The van der Waals surface area contributed by atoms with Crippen molar-refractivity contribution in [2.24, 2.45) is 11.8 Å². The molecule has 2 rings (SSSR count). The molecule has 0 aromatic heterocycles. The molecule has 0 amide bonds. The third-order valence-electron chi connectivity index (χ3n) is 3.44. The lowest BCUT2D eigenvalue weighted by Crippen LogP contribution is -2.19. The lowest BCUT2D eigenvalue weighted by atomic mass is 9.99. The Morgan fingerprint density at radius 1 is 0.857 bits per heavy atom. The van der Waals surface area contributed by atoms with Crippen molar-refractivity contribution in [3.63, 3.8) is 0 Å². The number of benzene rings is 2. The summed E-state index contributed by atoms with van der Waals surface area (Å²) in [5.41, 5.74) is 0. The third-order valence-corrected chi connectivity index (χ3v) is 3.91. The van der Waals surface area contributed by atoms with Gasteiger partial charge in [-0.3, -0.25) is 0 Å². The van der Waals surface area contributed by atoms with Gasteiger partial charge in [0.25, 0.3) is 0 Å². The number of thiol groups is 1. The minimum absolute atomic E-state index is 0.466. The van der Waals surface area contributed by atoms with Gasteiger partial charge in [0.1, 0.15) is 17.2 Å².